The van der Waals surface area contributed by atoms with E-state index < -0.39 is 12.4 Å². The van der Waals surface area contributed by atoms with Crippen molar-refractivity contribution in [1.82, 2.24) is 0 Å². The van der Waals surface area contributed by atoms with Crippen molar-refractivity contribution in [2.24, 2.45) is 0 Å². The predicted molar refractivity (Wildman–Crippen MR) is 67.0 cm³/mol. The Hall–Kier alpha value is -1.26. The van der Waals surface area contributed by atoms with E-state index in [9.17, 15) is 9.59 Å². The number of rotatable bonds is 9. The Morgan fingerprint density at radius 2 is 1.67 bits per heavy atom. The van der Waals surface area contributed by atoms with Gasteiger partial charge in [-0.05, 0) is 13.3 Å². The third-order valence-corrected chi connectivity index (χ3v) is 2.31. The second-order valence-electron chi connectivity index (χ2n) is 4.02. The number of esters is 1. The van der Waals surface area contributed by atoms with Gasteiger partial charge in [0.1, 0.15) is 0 Å². The molecule has 0 aromatic carbocycles. The number of hydrogen-bond acceptors (Lipinski definition) is 5. The first-order valence-corrected chi connectivity index (χ1v) is 6.63. The number of carbonyl (C=O) groups excluding carboxylic acids is 2. The lowest BCUT2D eigenvalue weighted by atomic mass is 10.1. The van der Waals surface area contributed by atoms with E-state index in [4.69, 9.17) is 9.47 Å². The van der Waals surface area contributed by atoms with Crippen LogP contribution >= 0.6 is 0 Å². The average molecular weight is 260 g/mol. The van der Waals surface area contributed by atoms with E-state index in [1.54, 1.807) is 6.92 Å². The van der Waals surface area contributed by atoms with Gasteiger partial charge in [-0.15, -0.1) is 0 Å². The first-order chi connectivity index (χ1) is 8.60. The number of hydrogen-bond donors (Lipinski definition) is 0. The van der Waals surface area contributed by atoms with Gasteiger partial charge in [0.05, 0.1) is 6.61 Å². The van der Waals surface area contributed by atoms with Crippen LogP contribution in [0.25, 0.3) is 0 Å². The molecule has 0 bridgehead atoms. The second-order valence-corrected chi connectivity index (χ2v) is 4.02. The number of carbonyl (C=O) groups is 2. The fourth-order valence-electron chi connectivity index (χ4n) is 1.43. The molecule has 0 aromatic heterocycles. The summed E-state index contributed by atoms with van der Waals surface area (Å²) in [5, 5.41) is 0. The maximum absolute atomic E-state index is 11.4. The normalized spacial score (nSPS) is 11.7. The van der Waals surface area contributed by atoms with Crippen LogP contribution in [0.4, 0.5) is 4.79 Å². The molecule has 5 nitrogen and oxygen atoms in total. The lowest BCUT2D eigenvalue weighted by molar-refractivity contribution is -0.168. The molecule has 1 atom stereocenters. The van der Waals surface area contributed by atoms with Gasteiger partial charge in [0, 0.05) is 13.3 Å². The summed E-state index contributed by atoms with van der Waals surface area (Å²) in [5.41, 5.74) is 0. The fourth-order valence-corrected chi connectivity index (χ4v) is 1.43. The predicted octanol–water partition coefficient (Wildman–Crippen LogP) is 3.41. The highest BCUT2D eigenvalue weighted by molar-refractivity contribution is 5.69. The minimum atomic E-state index is -0.896. The standard InChI is InChI=1S/C13H24O5/c1-4-6-7-8-9-10-12(14)17-11(3)18-13(15)16-5-2/h11H,4-10H2,1-3H3. The van der Waals surface area contributed by atoms with Crippen LogP contribution in [0.15, 0.2) is 0 Å². The molecule has 0 aliphatic rings. The summed E-state index contributed by atoms with van der Waals surface area (Å²) in [7, 11) is 0. The lowest BCUT2D eigenvalue weighted by Crippen LogP contribution is -2.22. The van der Waals surface area contributed by atoms with Crippen LogP contribution in [0.5, 0.6) is 0 Å². The molecular weight excluding hydrogens is 236 g/mol. The van der Waals surface area contributed by atoms with E-state index in [0.717, 1.165) is 19.3 Å². The van der Waals surface area contributed by atoms with Crippen LogP contribution in [-0.2, 0) is 19.0 Å². The summed E-state index contributed by atoms with van der Waals surface area (Å²) in [5.74, 6) is -0.344. The maximum Gasteiger partial charge on any atom is 0.511 e. The Morgan fingerprint density at radius 3 is 2.28 bits per heavy atom. The number of ether oxygens (including phenoxy) is 3. The van der Waals surface area contributed by atoms with E-state index in [-0.39, 0.29) is 12.6 Å². The van der Waals surface area contributed by atoms with Crippen molar-refractivity contribution in [3.8, 4) is 0 Å². The Balaban J connectivity index is 3.58. The molecule has 0 rings (SSSR count). The van der Waals surface area contributed by atoms with Gasteiger partial charge in [-0.2, -0.15) is 0 Å². The monoisotopic (exact) mass is 260 g/mol. The topological polar surface area (TPSA) is 61.8 Å². The van der Waals surface area contributed by atoms with Gasteiger partial charge in [-0.25, -0.2) is 4.79 Å². The summed E-state index contributed by atoms with van der Waals surface area (Å²) in [6.45, 7) is 5.54. The Kier molecular flexibility index (Phi) is 10.1. The summed E-state index contributed by atoms with van der Waals surface area (Å²) < 4.78 is 14.2. The molecule has 0 spiro atoms. The maximum atomic E-state index is 11.4. The second kappa shape index (κ2) is 10.9. The molecule has 0 aliphatic heterocycles. The third-order valence-electron chi connectivity index (χ3n) is 2.31. The molecule has 0 radical (unpaired) electrons. The summed E-state index contributed by atoms with van der Waals surface area (Å²) in [6, 6.07) is 0. The molecule has 0 N–H and O–H groups in total. The molecule has 0 heterocycles. The van der Waals surface area contributed by atoms with E-state index in [2.05, 4.69) is 11.7 Å². The smallest absolute Gasteiger partial charge is 0.435 e. The Labute approximate surface area is 109 Å². The van der Waals surface area contributed by atoms with Gasteiger partial charge < -0.3 is 14.2 Å². The average Bonchev–Trinajstić information content (AvgIpc) is 2.28. The van der Waals surface area contributed by atoms with Crippen LogP contribution in [0, 0.1) is 0 Å². The van der Waals surface area contributed by atoms with Crippen LogP contribution in [0.1, 0.15) is 59.3 Å². The summed E-state index contributed by atoms with van der Waals surface area (Å²) >= 11 is 0. The SMILES string of the molecule is CCCCCCCC(=O)OC(C)OC(=O)OCC. The van der Waals surface area contributed by atoms with Gasteiger partial charge in [0.15, 0.2) is 0 Å². The van der Waals surface area contributed by atoms with Crippen molar-refractivity contribution >= 4 is 12.1 Å². The van der Waals surface area contributed by atoms with E-state index in [0.29, 0.717) is 6.42 Å². The molecule has 0 amide bonds. The van der Waals surface area contributed by atoms with Crippen molar-refractivity contribution in [1.29, 1.82) is 0 Å². The molecule has 0 saturated carbocycles. The first kappa shape index (κ1) is 16.7. The zero-order valence-electron chi connectivity index (χ0n) is 11.6. The Bertz CT molecular complexity index is 240. The zero-order valence-corrected chi connectivity index (χ0v) is 11.6. The van der Waals surface area contributed by atoms with Crippen molar-refractivity contribution in [3.05, 3.63) is 0 Å². The van der Waals surface area contributed by atoms with Crippen molar-refractivity contribution in [3.63, 3.8) is 0 Å². The molecule has 0 aliphatic carbocycles. The molecule has 0 fully saturated rings. The highest BCUT2D eigenvalue weighted by Crippen LogP contribution is 2.07. The quantitative estimate of drug-likeness (QED) is 0.361. The molecule has 5 heteroatoms. The minimum Gasteiger partial charge on any atom is -0.435 e. The van der Waals surface area contributed by atoms with Crippen LogP contribution in [0.2, 0.25) is 0 Å². The van der Waals surface area contributed by atoms with Crippen molar-refractivity contribution < 1.29 is 23.8 Å². The first-order valence-electron chi connectivity index (χ1n) is 6.63. The van der Waals surface area contributed by atoms with Gasteiger partial charge in [-0.3, -0.25) is 4.79 Å². The highest BCUT2D eigenvalue weighted by atomic mass is 16.8. The molecule has 18 heavy (non-hydrogen) atoms. The minimum absolute atomic E-state index is 0.233. The molecule has 1 unspecified atom stereocenters. The zero-order chi connectivity index (χ0) is 13.8. The molecule has 106 valence electrons. The van der Waals surface area contributed by atoms with Crippen molar-refractivity contribution in [2.75, 3.05) is 6.61 Å². The fraction of sp³-hybridized carbons (Fsp3) is 0.846. The highest BCUT2D eigenvalue weighted by Gasteiger charge is 2.14. The van der Waals surface area contributed by atoms with Crippen molar-refractivity contribution in [2.45, 2.75) is 65.6 Å². The molecular formula is C13H24O5. The molecule has 0 aromatic rings. The van der Waals surface area contributed by atoms with Crippen LogP contribution in [0.3, 0.4) is 0 Å². The van der Waals surface area contributed by atoms with Gasteiger partial charge in [0.25, 0.3) is 0 Å². The lowest BCUT2D eigenvalue weighted by Gasteiger charge is -2.13. The van der Waals surface area contributed by atoms with E-state index >= 15 is 0 Å². The Morgan fingerprint density at radius 1 is 1.00 bits per heavy atom. The van der Waals surface area contributed by atoms with Crippen LogP contribution in [-0.4, -0.2) is 25.0 Å². The van der Waals surface area contributed by atoms with Crippen LogP contribution < -0.4 is 0 Å². The van der Waals surface area contributed by atoms with Gasteiger partial charge >= 0.3 is 12.1 Å². The number of unbranched alkanes of at least 4 members (excludes halogenated alkanes) is 4. The van der Waals surface area contributed by atoms with Gasteiger partial charge in [-0.1, -0.05) is 32.6 Å². The summed E-state index contributed by atoms with van der Waals surface area (Å²) in [4.78, 5) is 22.3. The third kappa shape index (κ3) is 9.93. The molecule has 0 saturated heterocycles. The van der Waals surface area contributed by atoms with E-state index in [1.165, 1.54) is 19.8 Å². The largest absolute Gasteiger partial charge is 0.511 e. The summed E-state index contributed by atoms with van der Waals surface area (Å²) in [6.07, 6.45) is 3.99. The van der Waals surface area contributed by atoms with E-state index in [1.807, 2.05) is 0 Å². The van der Waals surface area contributed by atoms with Gasteiger partial charge in [0.2, 0.25) is 6.29 Å².